The SMILES string of the molecule is Cc1nn(-c2ccc(F)cc2)c(Cl)c1C(=O)N1CCCC(CCC(=O)O)C1. The molecule has 0 saturated carbocycles. The summed E-state index contributed by atoms with van der Waals surface area (Å²) in [6.45, 7) is 2.84. The molecule has 2 aromatic rings. The van der Waals surface area contributed by atoms with E-state index in [2.05, 4.69) is 5.10 Å². The Kier molecular flexibility index (Phi) is 5.79. The van der Waals surface area contributed by atoms with E-state index in [0.29, 0.717) is 36.5 Å². The van der Waals surface area contributed by atoms with Crippen molar-refractivity contribution in [3.8, 4) is 5.69 Å². The minimum absolute atomic E-state index is 0.106. The van der Waals surface area contributed by atoms with Crippen LogP contribution in [0.2, 0.25) is 5.15 Å². The van der Waals surface area contributed by atoms with Gasteiger partial charge in [0.25, 0.3) is 5.91 Å². The molecule has 1 unspecified atom stereocenters. The first-order valence-electron chi connectivity index (χ1n) is 8.89. The van der Waals surface area contributed by atoms with Crippen LogP contribution < -0.4 is 0 Å². The van der Waals surface area contributed by atoms with E-state index in [-0.39, 0.29) is 29.2 Å². The fourth-order valence-corrected chi connectivity index (χ4v) is 3.82. The molecular formula is C19H21ClFN3O3. The van der Waals surface area contributed by atoms with Crippen molar-refractivity contribution in [2.75, 3.05) is 13.1 Å². The average Bonchev–Trinajstić information content (AvgIpc) is 2.94. The van der Waals surface area contributed by atoms with Gasteiger partial charge in [0, 0.05) is 19.5 Å². The maximum atomic E-state index is 13.1. The number of hydrogen-bond donors (Lipinski definition) is 1. The number of nitrogens with zero attached hydrogens (tertiary/aromatic N) is 3. The monoisotopic (exact) mass is 393 g/mol. The van der Waals surface area contributed by atoms with Crippen molar-refractivity contribution in [2.24, 2.45) is 5.92 Å². The number of carbonyl (C=O) groups excluding carboxylic acids is 1. The maximum Gasteiger partial charge on any atom is 0.303 e. The fraction of sp³-hybridized carbons (Fsp3) is 0.421. The summed E-state index contributed by atoms with van der Waals surface area (Å²) < 4.78 is 14.6. The summed E-state index contributed by atoms with van der Waals surface area (Å²) in [5.74, 6) is -1.22. The zero-order valence-corrected chi connectivity index (χ0v) is 15.7. The van der Waals surface area contributed by atoms with Crippen LogP contribution >= 0.6 is 11.6 Å². The molecule has 1 amide bonds. The second-order valence-electron chi connectivity index (χ2n) is 6.83. The molecule has 6 nitrogen and oxygen atoms in total. The van der Waals surface area contributed by atoms with Gasteiger partial charge in [-0.2, -0.15) is 5.10 Å². The quantitative estimate of drug-likeness (QED) is 0.840. The van der Waals surface area contributed by atoms with Crippen molar-refractivity contribution < 1.29 is 19.1 Å². The van der Waals surface area contributed by atoms with Crippen molar-refractivity contribution >= 4 is 23.5 Å². The standard InChI is InChI=1S/C19H21ClFN3O3/c1-12-17(18(20)24(22-12)15-7-5-14(21)6-8-15)19(27)23-10-2-3-13(11-23)4-9-16(25)26/h5-8,13H,2-4,9-11H2,1H3,(H,25,26). The lowest BCUT2D eigenvalue weighted by Gasteiger charge is -2.32. The minimum Gasteiger partial charge on any atom is -0.481 e. The van der Waals surface area contributed by atoms with Crippen LogP contribution in [0.3, 0.4) is 0 Å². The van der Waals surface area contributed by atoms with E-state index in [0.717, 1.165) is 12.8 Å². The number of piperidine rings is 1. The molecule has 0 radical (unpaired) electrons. The third kappa shape index (κ3) is 4.30. The van der Waals surface area contributed by atoms with Gasteiger partial charge in [0.1, 0.15) is 11.0 Å². The number of likely N-dealkylation sites (tertiary alicyclic amines) is 1. The van der Waals surface area contributed by atoms with Gasteiger partial charge in [-0.1, -0.05) is 11.6 Å². The highest BCUT2D eigenvalue weighted by atomic mass is 35.5. The highest BCUT2D eigenvalue weighted by molar-refractivity contribution is 6.33. The number of carboxylic acid groups (broad SMARTS) is 1. The van der Waals surface area contributed by atoms with E-state index in [4.69, 9.17) is 16.7 Å². The first-order valence-corrected chi connectivity index (χ1v) is 9.26. The molecule has 144 valence electrons. The van der Waals surface area contributed by atoms with Gasteiger partial charge >= 0.3 is 5.97 Å². The zero-order chi connectivity index (χ0) is 19.6. The van der Waals surface area contributed by atoms with Gasteiger partial charge in [-0.25, -0.2) is 9.07 Å². The Hall–Kier alpha value is -2.41. The molecule has 0 aliphatic carbocycles. The number of halogens is 2. The number of carboxylic acids is 1. The number of hydrogen-bond acceptors (Lipinski definition) is 3. The molecule has 1 N–H and O–H groups in total. The number of aromatic nitrogens is 2. The van der Waals surface area contributed by atoms with Crippen LogP contribution in [0.25, 0.3) is 5.69 Å². The Morgan fingerprint density at radius 1 is 1.33 bits per heavy atom. The van der Waals surface area contributed by atoms with E-state index in [1.165, 1.54) is 16.8 Å². The molecule has 0 bridgehead atoms. The van der Waals surface area contributed by atoms with Crippen LogP contribution in [-0.4, -0.2) is 44.8 Å². The number of aliphatic carboxylic acids is 1. The third-order valence-corrected chi connectivity index (χ3v) is 5.21. The summed E-state index contributed by atoms with van der Waals surface area (Å²) >= 11 is 6.44. The van der Waals surface area contributed by atoms with Crippen molar-refractivity contribution in [1.29, 1.82) is 0 Å². The van der Waals surface area contributed by atoms with Crippen LogP contribution in [-0.2, 0) is 4.79 Å². The molecule has 1 fully saturated rings. The lowest BCUT2D eigenvalue weighted by atomic mass is 9.93. The van der Waals surface area contributed by atoms with Gasteiger partial charge in [-0.15, -0.1) is 0 Å². The smallest absolute Gasteiger partial charge is 0.303 e. The Morgan fingerprint density at radius 2 is 2.04 bits per heavy atom. The Morgan fingerprint density at radius 3 is 2.70 bits per heavy atom. The first-order chi connectivity index (χ1) is 12.9. The van der Waals surface area contributed by atoms with E-state index in [1.807, 2.05) is 0 Å². The van der Waals surface area contributed by atoms with Crippen LogP contribution in [0.1, 0.15) is 41.7 Å². The van der Waals surface area contributed by atoms with Gasteiger partial charge in [-0.3, -0.25) is 9.59 Å². The molecule has 1 aromatic carbocycles. The minimum atomic E-state index is -0.821. The van der Waals surface area contributed by atoms with E-state index in [9.17, 15) is 14.0 Å². The molecule has 1 aliphatic heterocycles. The number of amides is 1. The molecule has 1 saturated heterocycles. The second kappa shape index (κ2) is 8.08. The highest BCUT2D eigenvalue weighted by Crippen LogP contribution is 2.28. The van der Waals surface area contributed by atoms with E-state index >= 15 is 0 Å². The fourth-order valence-electron chi connectivity index (χ4n) is 3.47. The molecule has 1 aromatic heterocycles. The number of benzene rings is 1. The summed E-state index contributed by atoms with van der Waals surface area (Å²) in [5, 5.41) is 13.4. The molecule has 1 aliphatic rings. The maximum absolute atomic E-state index is 13.1. The van der Waals surface area contributed by atoms with Gasteiger partial charge in [0.15, 0.2) is 0 Å². The van der Waals surface area contributed by atoms with Crippen molar-refractivity contribution in [3.63, 3.8) is 0 Å². The van der Waals surface area contributed by atoms with Gasteiger partial charge < -0.3 is 10.0 Å². The van der Waals surface area contributed by atoms with Crippen LogP contribution in [0.5, 0.6) is 0 Å². The topological polar surface area (TPSA) is 75.4 Å². The second-order valence-corrected chi connectivity index (χ2v) is 7.19. The van der Waals surface area contributed by atoms with Crippen molar-refractivity contribution in [2.45, 2.75) is 32.6 Å². The summed E-state index contributed by atoms with van der Waals surface area (Å²) in [5.41, 5.74) is 1.41. The predicted octanol–water partition coefficient (Wildman–Crippen LogP) is 3.69. The summed E-state index contributed by atoms with van der Waals surface area (Å²) in [7, 11) is 0. The first kappa shape index (κ1) is 19.4. The van der Waals surface area contributed by atoms with Crippen molar-refractivity contribution in [3.05, 3.63) is 46.5 Å². The number of aryl methyl sites for hydroxylation is 1. The lowest BCUT2D eigenvalue weighted by molar-refractivity contribution is -0.137. The van der Waals surface area contributed by atoms with Gasteiger partial charge in [0.05, 0.1) is 16.9 Å². The molecule has 1 atom stereocenters. The Balaban J connectivity index is 1.80. The highest BCUT2D eigenvalue weighted by Gasteiger charge is 2.29. The summed E-state index contributed by atoms with van der Waals surface area (Å²) in [6, 6.07) is 5.71. The summed E-state index contributed by atoms with van der Waals surface area (Å²) in [6.07, 6.45) is 2.41. The molecular weight excluding hydrogens is 373 g/mol. The molecule has 27 heavy (non-hydrogen) atoms. The van der Waals surface area contributed by atoms with E-state index in [1.54, 1.807) is 24.0 Å². The Bertz CT molecular complexity index is 851. The predicted molar refractivity (Wildman–Crippen MR) is 98.8 cm³/mol. The lowest BCUT2D eigenvalue weighted by Crippen LogP contribution is -2.40. The largest absolute Gasteiger partial charge is 0.481 e. The van der Waals surface area contributed by atoms with Gasteiger partial charge in [-0.05, 0) is 56.4 Å². The van der Waals surface area contributed by atoms with Crippen molar-refractivity contribution in [1.82, 2.24) is 14.7 Å². The molecule has 3 rings (SSSR count). The Labute approximate surface area is 161 Å². The normalized spacial score (nSPS) is 17.1. The third-order valence-electron chi connectivity index (χ3n) is 4.86. The number of carbonyl (C=O) groups is 2. The van der Waals surface area contributed by atoms with Gasteiger partial charge in [0.2, 0.25) is 0 Å². The average molecular weight is 394 g/mol. The molecule has 8 heteroatoms. The van der Waals surface area contributed by atoms with E-state index < -0.39 is 5.97 Å². The van der Waals surface area contributed by atoms with Crippen LogP contribution in [0.15, 0.2) is 24.3 Å². The van der Waals surface area contributed by atoms with Crippen LogP contribution in [0.4, 0.5) is 4.39 Å². The molecule has 2 heterocycles. The summed E-state index contributed by atoms with van der Waals surface area (Å²) in [4.78, 5) is 25.6. The number of rotatable bonds is 5. The molecule has 0 spiro atoms. The van der Waals surface area contributed by atoms with Crippen LogP contribution in [0, 0.1) is 18.7 Å². The zero-order valence-electron chi connectivity index (χ0n) is 15.0.